The van der Waals surface area contributed by atoms with Gasteiger partial charge < -0.3 is 15.0 Å². The van der Waals surface area contributed by atoms with Crippen molar-refractivity contribution in [1.29, 1.82) is 0 Å². The minimum absolute atomic E-state index is 0.112. The van der Waals surface area contributed by atoms with E-state index in [-0.39, 0.29) is 11.7 Å². The average molecular weight is 434 g/mol. The molecule has 0 bridgehead atoms. The van der Waals surface area contributed by atoms with E-state index in [1.54, 1.807) is 19.2 Å². The fourth-order valence-corrected chi connectivity index (χ4v) is 4.21. The lowest BCUT2D eigenvalue weighted by Crippen LogP contribution is -2.50. The number of carbonyl (C=O) groups excluding carboxylic acids is 1. The highest BCUT2D eigenvalue weighted by molar-refractivity contribution is 5.97. The highest BCUT2D eigenvalue weighted by atomic mass is 19.1. The summed E-state index contributed by atoms with van der Waals surface area (Å²) in [6.45, 7) is 4.56. The van der Waals surface area contributed by atoms with Crippen molar-refractivity contribution in [2.75, 3.05) is 43.5 Å². The number of amides is 1. The number of nitrogens with zero attached hydrogens (tertiary/aromatic N) is 2. The number of piperazine rings is 1. The molecule has 4 rings (SSSR count). The first-order valence-corrected chi connectivity index (χ1v) is 10.8. The highest BCUT2D eigenvalue weighted by Crippen LogP contribution is 2.30. The molecule has 0 spiro atoms. The lowest BCUT2D eigenvalue weighted by Gasteiger charge is -2.39. The highest BCUT2D eigenvalue weighted by Gasteiger charge is 2.31. The molecule has 0 aliphatic carbocycles. The number of para-hydroxylation sites is 1. The Morgan fingerprint density at radius 1 is 0.969 bits per heavy atom. The topological polar surface area (TPSA) is 44.8 Å². The molecule has 1 fully saturated rings. The number of ether oxygens (including phenoxy) is 1. The van der Waals surface area contributed by atoms with E-state index in [9.17, 15) is 9.18 Å². The molecule has 0 aromatic heterocycles. The van der Waals surface area contributed by atoms with Crippen LogP contribution in [0.25, 0.3) is 0 Å². The summed E-state index contributed by atoms with van der Waals surface area (Å²) in [4.78, 5) is 17.7. The van der Waals surface area contributed by atoms with E-state index in [1.165, 1.54) is 6.07 Å². The second-order valence-corrected chi connectivity index (χ2v) is 7.98. The van der Waals surface area contributed by atoms with E-state index in [4.69, 9.17) is 4.74 Å². The molecule has 1 saturated heterocycles. The molecular weight excluding hydrogens is 405 g/mol. The van der Waals surface area contributed by atoms with E-state index in [0.29, 0.717) is 43.3 Å². The van der Waals surface area contributed by atoms with Crippen LogP contribution in [0, 0.1) is 12.7 Å². The smallest absolute Gasteiger partial charge is 0.246 e. The van der Waals surface area contributed by atoms with Crippen molar-refractivity contribution in [2.45, 2.75) is 13.0 Å². The Morgan fingerprint density at radius 2 is 1.66 bits per heavy atom. The number of methoxy groups -OCH3 is 1. The van der Waals surface area contributed by atoms with Crippen LogP contribution in [0.3, 0.4) is 0 Å². The number of benzene rings is 3. The number of rotatable bonds is 6. The van der Waals surface area contributed by atoms with Crippen LogP contribution in [0.2, 0.25) is 0 Å². The van der Waals surface area contributed by atoms with Gasteiger partial charge in [-0.2, -0.15) is 0 Å². The Hall–Kier alpha value is -3.38. The molecule has 0 radical (unpaired) electrons. The normalized spacial score (nSPS) is 15.3. The van der Waals surface area contributed by atoms with Gasteiger partial charge in [0.05, 0.1) is 18.5 Å². The van der Waals surface area contributed by atoms with Gasteiger partial charge in [-0.05, 0) is 42.3 Å². The first-order valence-electron chi connectivity index (χ1n) is 10.8. The zero-order valence-corrected chi connectivity index (χ0v) is 18.4. The summed E-state index contributed by atoms with van der Waals surface area (Å²) >= 11 is 0. The standard InChI is InChI=1S/C26H28FN3O2/c1-19-12-13-24(32-2)22(18-19)28-26(31)25(20-8-4-3-5-9-20)30-16-14-29(15-17-30)23-11-7-6-10-21(23)27/h3-13,18,25H,14-17H2,1-2H3,(H,28,31)/t25-/m0/s1. The number of carbonyl (C=O) groups is 1. The Bertz CT molecular complexity index is 1070. The molecule has 0 saturated carbocycles. The summed E-state index contributed by atoms with van der Waals surface area (Å²) < 4.78 is 19.7. The van der Waals surface area contributed by atoms with E-state index in [2.05, 4.69) is 10.2 Å². The summed E-state index contributed by atoms with van der Waals surface area (Å²) in [7, 11) is 1.59. The van der Waals surface area contributed by atoms with Crippen LogP contribution in [0.1, 0.15) is 17.2 Å². The SMILES string of the molecule is COc1ccc(C)cc1NC(=O)[C@H](c1ccccc1)N1CCN(c2ccccc2F)CC1. The van der Waals surface area contributed by atoms with Crippen molar-refractivity contribution in [3.63, 3.8) is 0 Å². The Kier molecular flexibility index (Phi) is 6.71. The van der Waals surface area contributed by atoms with Gasteiger partial charge in [0, 0.05) is 26.2 Å². The van der Waals surface area contributed by atoms with Crippen molar-refractivity contribution >= 4 is 17.3 Å². The molecule has 3 aromatic rings. The van der Waals surface area contributed by atoms with Crippen molar-refractivity contribution in [2.24, 2.45) is 0 Å². The molecule has 1 aliphatic heterocycles. The molecular formula is C26H28FN3O2. The Balaban J connectivity index is 1.55. The quantitative estimate of drug-likeness (QED) is 0.615. The second kappa shape index (κ2) is 9.83. The molecule has 166 valence electrons. The Labute approximate surface area is 188 Å². The van der Waals surface area contributed by atoms with Gasteiger partial charge in [-0.15, -0.1) is 0 Å². The molecule has 3 aromatic carbocycles. The van der Waals surface area contributed by atoms with E-state index < -0.39 is 6.04 Å². The fourth-order valence-electron chi connectivity index (χ4n) is 4.21. The van der Waals surface area contributed by atoms with Gasteiger partial charge in [0.2, 0.25) is 5.91 Å². The molecule has 1 amide bonds. The zero-order chi connectivity index (χ0) is 22.5. The fraction of sp³-hybridized carbons (Fsp3) is 0.269. The molecule has 0 unspecified atom stereocenters. The molecule has 6 heteroatoms. The zero-order valence-electron chi connectivity index (χ0n) is 18.4. The number of nitrogens with one attached hydrogen (secondary N) is 1. The summed E-state index contributed by atoms with van der Waals surface area (Å²) in [6, 6.07) is 21.9. The number of aryl methyl sites for hydroxylation is 1. The summed E-state index contributed by atoms with van der Waals surface area (Å²) in [6.07, 6.45) is 0. The maximum atomic E-state index is 14.2. The van der Waals surface area contributed by atoms with E-state index in [1.807, 2.05) is 66.4 Å². The largest absolute Gasteiger partial charge is 0.495 e. The lowest BCUT2D eigenvalue weighted by atomic mass is 10.0. The third-order valence-corrected chi connectivity index (χ3v) is 5.85. The van der Waals surface area contributed by atoms with Gasteiger partial charge in [-0.25, -0.2) is 4.39 Å². The lowest BCUT2D eigenvalue weighted by molar-refractivity contribution is -0.121. The van der Waals surface area contributed by atoms with Crippen LogP contribution in [0.15, 0.2) is 72.8 Å². The minimum Gasteiger partial charge on any atom is -0.495 e. The van der Waals surface area contributed by atoms with E-state index in [0.717, 1.165) is 11.1 Å². The van der Waals surface area contributed by atoms with Crippen molar-refractivity contribution in [3.8, 4) is 5.75 Å². The summed E-state index contributed by atoms with van der Waals surface area (Å²) in [5.41, 5.74) is 3.23. The maximum absolute atomic E-state index is 14.2. The monoisotopic (exact) mass is 433 g/mol. The number of hydrogen-bond donors (Lipinski definition) is 1. The predicted octanol–water partition coefficient (Wildman–Crippen LogP) is 4.64. The van der Waals surface area contributed by atoms with Crippen LogP contribution in [-0.2, 0) is 4.79 Å². The first kappa shape index (κ1) is 21.8. The maximum Gasteiger partial charge on any atom is 0.246 e. The van der Waals surface area contributed by atoms with Crippen molar-refractivity contribution in [1.82, 2.24) is 4.90 Å². The van der Waals surface area contributed by atoms with Crippen LogP contribution in [-0.4, -0.2) is 44.1 Å². The molecule has 1 heterocycles. The molecule has 1 aliphatic rings. The van der Waals surface area contributed by atoms with Gasteiger partial charge in [0.1, 0.15) is 17.6 Å². The average Bonchev–Trinajstić information content (AvgIpc) is 2.81. The molecule has 32 heavy (non-hydrogen) atoms. The molecule has 1 atom stereocenters. The first-order chi connectivity index (χ1) is 15.6. The van der Waals surface area contributed by atoms with Crippen LogP contribution in [0.5, 0.6) is 5.75 Å². The van der Waals surface area contributed by atoms with Gasteiger partial charge >= 0.3 is 0 Å². The number of anilines is 2. The molecule has 1 N–H and O–H groups in total. The van der Waals surface area contributed by atoms with Crippen LogP contribution < -0.4 is 15.0 Å². The third kappa shape index (κ3) is 4.75. The van der Waals surface area contributed by atoms with Gasteiger partial charge in [-0.1, -0.05) is 48.5 Å². The Morgan fingerprint density at radius 3 is 2.34 bits per heavy atom. The van der Waals surface area contributed by atoms with Crippen LogP contribution in [0.4, 0.5) is 15.8 Å². The summed E-state index contributed by atoms with van der Waals surface area (Å²) in [5.74, 6) is 0.296. The van der Waals surface area contributed by atoms with E-state index >= 15 is 0 Å². The second-order valence-electron chi connectivity index (χ2n) is 7.98. The van der Waals surface area contributed by atoms with Gasteiger partial charge in [0.15, 0.2) is 0 Å². The number of hydrogen-bond acceptors (Lipinski definition) is 4. The molecule has 5 nitrogen and oxygen atoms in total. The number of halogens is 1. The minimum atomic E-state index is -0.454. The van der Waals surface area contributed by atoms with Gasteiger partial charge in [-0.3, -0.25) is 9.69 Å². The van der Waals surface area contributed by atoms with Crippen molar-refractivity contribution in [3.05, 3.63) is 89.7 Å². The predicted molar refractivity (Wildman–Crippen MR) is 126 cm³/mol. The third-order valence-electron chi connectivity index (χ3n) is 5.85. The summed E-state index contributed by atoms with van der Waals surface area (Å²) in [5, 5.41) is 3.07. The van der Waals surface area contributed by atoms with Crippen molar-refractivity contribution < 1.29 is 13.9 Å². The van der Waals surface area contributed by atoms with Crippen LogP contribution >= 0.6 is 0 Å². The van der Waals surface area contributed by atoms with Gasteiger partial charge in [0.25, 0.3) is 0 Å².